The number of hydrogen-bond donors (Lipinski definition) is 1. The minimum absolute atomic E-state index is 0.0736. The molecule has 0 bridgehead atoms. The third-order valence-corrected chi connectivity index (χ3v) is 5.69. The van der Waals surface area contributed by atoms with Gasteiger partial charge in [-0.1, -0.05) is 0 Å². The lowest BCUT2D eigenvalue weighted by molar-refractivity contribution is -0.119. The number of ether oxygens (including phenoxy) is 1. The average Bonchev–Trinajstić information content (AvgIpc) is 3.06. The molecule has 1 atom stereocenters. The largest absolute Gasteiger partial charge is 0.446 e. The first-order chi connectivity index (χ1) is 16.9. The molecule has 1 N–H and O–H groups in total. The molecule has 0 aliphatic carbocycles. The van der Waals surface area contributed by atoms with Gasteiger partial charge in [0.25, 0.3) is 5.92 Å². The lowest BCUT2D eigenvalue weighted by atomic mass is 10.1. The van der Waals surface area contributed by atoms with Gasteiger partial charge < -0.3 is 19.2 Å². The number of aliphatic hydroxyl groups is 1. The van der Waals surface area contributed by atoms with Crippen LogP contribution in [0.5, 0.6) is 0 Å². The third-order valence-electron chi connectivity index (χ3n) is 5.69. The number of pyridine rings is 1. The molecule has 1 aliphatic rings. The van der Waals surface area contributed by atoms with Crippen molar-refractivity contribution in [1.29, 1.82) is 0 Å². The van der Waals surface area contributed by atoms with Gasteiger partial charge in [0.15, 0.2) is 5.89 Å². The van der Waals surface area contributed by atoms with Gasteiger partial charge >= 0.3 is 12.3 Å². The first-order valence-corrected chi connectivity index (χ1v) is 11.8. The van der Waals surface area contributed by atoms with Gasteiger partial charge in [-0.15, -0.1) is 0 Å². The molecule has 206 valence electrons. The standard InChI is InChI=1S/C24H31F5N4O4/c1-14-15(2)36-20(30-14)12-18(34)17-10-16(32-8-6-23(25,26)7-9-32)11-19(31-17)33(13-24(27,28)29)21(35)37-22(3,4)5/h10-11,18,34H,6-9,12-13H2,1-5H3. The topological polar surface area (TPSA) is 91.9 Å². The van der Waals surface area contributed by atoms with Crippen molar-refractivity contribution in [3.63, 3.8) is 0 Å². The number of hydrogen-bond acceptors (Lipinski definition) is 7. The molecule has 13 heteroatoms. The Morgan fingerprint density at radius 2 is 1.81 bits per heavy atom. The van der Waals surface area contributed by atoms with E-state index in [1.165, 1.54) is 32.9 Å². The van der Waals surface area contributed by atoms with Gasteiger partial charge in [0.2, 0.25) is 0 Å². The molecule has 0 radical (unpaired) electrons. The summed E-state index contributed by atoms with van der Waals surface area (Å²) in [6.07, 6.45) is -8.50. The highest BCUT2D eigenvalue weighted by molar-refractivity contribution is 5.87. The van der Waals surface area contributed by atoms with E-state index in [0.717, 1.165) is 0 Å². The van der Waals surface area contributed by atoms with Crippen LogP contribution in [0.2, 0.25) is 0 Å². The number of rotatable bonds is 6. The van der Waals surface area contributed by atoms with Gasteiger partial charge in [0.1, 0.15) is 29.8 Å². The number of anilines is 2. The Kier molecular flexibility index (Phi) is 8.06. The molecule has 1 amide bonds. The lowest BCUT2D eigenvalue weighted by Gasteiger charge is -2.34. The molecular formula is C24H31F5N4O4. The number of carbonyl (C=O) groups is 1. The summed E-state index contributed by atoms with van der Waals surface area (Å²) in [5.41, 5.74) is -0.320. The quantitative estimate of drug-likeness (QED) is 0.489. The Morgan fingerprint density at radius 1 is 1.19 bits per heavy atom. The smallest absolute Gasteiger partial charge is 0.416 e. The van der Waals surface area contributed by atoms with Crippen LogP contribution in [0.1, 0.15) is 62.8 Å². The first kappa shape index (κ1) is 28.6. The van der Waals surface area contributed by atoms with Crippen molar-refractivity contribution in [1.82, 2.24) is 9.97 Å². The van der Waals surface area contributed by atoms with Crippen molar-refractivity contribution in [2.45, 2.75) is 77.7 Å². The zero-order valence-corrected chi connectivity index (χ0v) is 21.3. The summed E-state index contributed by atoms with van der Waals surface area (Å²) in [4.78, 5) is 23.0. The summed E-state index contributed by atoms with van der Waals surface area (Å²) in [5, 5.41) is 10.9. The van der Waals surface area contributed by atoms with E-state index < -0.39 is 55.1 Å². The van der Waals surface area contributed by atoms with E-state index in [1.807, 2.05) is 0 Å². The molecule has 8 nitrogen and oxygen atoms in total. The Morgan fingerprint density at radius 3 is 2.32 bits per heavy atom. The van der Waals surface area contributed by atoms with Gasteiger partial charge in [0, 0.05) is 37.7 Å². The Balaban J connectivity index is 2.04. The molecule has 37 heavy (non-hydrogen) atoms. The molecule has 1 fully saturated rings. The second-order valence-electron chi connectivity index (χ2n) is 10.1. The maximum atomic E-state index is 13.7. The van der Waals surface area contributed by atoms with Crippen LogP contribution in [-0.4, -0.2) is 58.5 Å². The monoisotopic (exact) mass is 534 g/mol. The molecule has 3 rings (SSSR count). The van der Waals surface area contributed by atoms with Gasteiger partial charge in [-0.05, 0) is 40.7 Å². The van der Waals surface area contributed by atoms with Crippen LogP contribution < -0.4 is 9.80 Å². The van der Waals surface area contributed by atoms with Crippen molar-refractivity contribution in [2.75, 3.05) is 29.4 Å². The van der Waals surface area contributed by atoms with E-state index in [4.69, 9.17) is 9.15 Å². The second kappa shape index (κ2) is 10.4. The highest BCUT2D eigenvalue weighted by Gasteiger charge is 2.38. The van der Waals surface area contributed by atoms with Crippen molar-refractivity contribution in [2.24, 2.45) is 0 Å². The SMILES string of the molecule is Cc1nc(CC(O)c2cc(N3CCC(F)(F)CC3)cc(N(CC(F)(F)F)C(=O)OC(C)(C)C)n2)oc1C. The number of piperidine rings is 1. The summed E-state index contributed by atoms with van der Waals surface area (Å²) in [5.74, 6) is -2.56. The molecule has 3 heterocycles. The molecule has 0 spiro atoms. The van der Waals surface area contributed by atoms with Crippen LogP contribution >= 0.6 is 0 Å². The number of nitrogens with zero attached hydrogens (tertiary/aromatic N) is 4. The van der Waals surface area contributed by atoms with E-state index >= 15 is 0 Å². The summed E-state index contributed by atoms with van der Waals surface area (Å²) < 4.78 is 78.6. The van der Waals surface area contributed by atoms with E-state index in [2.05, 4.69) is 9.97 Å². The highest BCUT2D eigenvalue weighted by atomic mass is 19.4. The van der Waals surface area contributed by atoms with E-state index in [-0.39, 0.29) is 36.8 Å². The van der Waals surface area contributed by atoms with Crippen LogP contribution in [-0.2, 0) is 11.2 Å². The first-order valence-electron chi connectivity index (χ1n) is 11.8. The fourth-order valence-corrected chi connectivity index (χ4v) is 3.74. The number of alkyl halides is 5. The van der Waals surface area contributed by atoms with Gasteiger partial charge in [0.05, 0.1) is 17.8 Å². The summed E-state index contributed by atoms with van der Waals surface area (Å²) in [6, 6.07) is 2.61. The zero-order valence-electron chi connectivity index (χ0n) is 21.3. The molecule has 2 aromatic rings. The zero-order chi connectivity index (χ0) is 27.8. The number of amides is 1. The molecule has 0 aromatic carbocycles. The Hall–Kier alpha value is -2.96. The minimum atomic E-state index is -4.80. The fraction of sp³-hybridized carbons (Fsp3) is 0.625. The van der Waals surface area contributed by atoms with Crippen LogP contribution in [0, 0.1) is 13.8 Å². The number of aliphatic hydroxyl groups excluding tert-OH is 1. The predicted octanol–water partition coefficient (Wildman–Crippen LogP) is 5.50. The molecule has 1 saturated heterocycles. The molecule has 2 aromatic heterocycles. The van der Waals surface area contributed by atoms with Crippen molar-refractivity contribution >= 4 is 17.6 Å². The van der Waals surface area contributed by atoms with Gasteiger partial charge in [-0.2, -0.15) is 13.2 Å². The van der Waals surface area contributed by atoms with Crippen LogP contribution in [0.3, 0.4) is 0 Å². The summed E-state index contributed by atoms with van der Waals surface area (Å²) >= 11 is 0. The van der Waals surface area contributed by atoms with E-state index in [9.17, 15) is 31.9 Å². The normalized spacial score (nSPS) is 17.0. The molecule has 0 saturated carbocycles. The van der Waals surface area contributed by atoms with Gasteiger partial charge in [-0.25, -0.2) is 23.5 Å². The number of halogens is 5. The number of carbonyl (C=O) groups excluding carboxylic acids is 1. The maximum absolute atomic E-state index is 13.7. The average molecular weight is 535 g/mol. The maximum Gasteiger partial charge on any atom is 0.416 e. The highest BCUT2D eigenvalue weighted by Crippen LogP contribution is 2.34. The van der Waals surface area contributed by atoms with E-state index in [0.29, 0.717) is 16.4 Å². The summed E-state index contributed by atoms with van der Waals surface area (Å²) in [6.45, 7) is 6.07. The Labute approximate surface area is 211 Å². The van der Waals surface area contributed by atoms with Crippen LogP contribution in [0.25, 0.3) is 0 Å². The third kappa shape index (κ3) is 8.01. The summed E-state index contributed by atoms with van der Waals surface area (Å²) in [7, 11) is 0. The number of aryl methyl sites for hydroxylation is 2. The number of oxazole rings is 1. The van der Waals surface area contributed by atoms with Crippen LogP contribution in [0.4, 0.5) is 38.3 Å². The Bertz CT molecular complexity index is 1080. The predicted molar refractivity (Wildman–Crippen MR) is 125 cm³/mol. The molecule has 1 aliphatic heterocycles. The fourth-order valence-electron chi connectivity index (χ4n) is 3.74. The van der Waals surface area contributed by atoms with Crippen molar-refractivity contribution < 1.29 is 41.0 Å². The van der Waals surface area contributed by atoms with Crippen molar-refractivity contribution in [3.05, 3.63) is 35.2 Å². The molecule has 1 unspecified atom stereocenters. The lowest BCUT2D eigenvalue weighted by Crippen LogP contribution is -2.43. The van der Waals surface area contributed by atoms with Gasteiger partial charge in [-0.3, -0.25) is 4.90 Å². The second-order valence-corrected chi connectivity index (χ2v) is 10.1. The molecular weight excluding hydrogens is 503 g/mol. The van der Waals surface area contributed by atoms with Crippen LogP contribution in [0.15, 0.2) is 16.5 Å². The van der Waals surface area contributed by atoms with E-state index in [1.54, 1.807) is 18.7 Å². The minimum Gasteiger partial charge on any atom is -0.446 e. The van der Waals surface area contributed by atoms with Crippen molar-refractivity contribution in [3.8, 4) is 0 Å². The number of aromatic nitrogens is 2.